The second-order valence-corrected chi connectivity index (χ2v) is 8.74. The molecule has 1 aromatic heterocycles. The number of benzene rings is 1. The zero-order valence-electron chi connectivity index (χ0n) is 16.5. The van der Waals surface area contributed by atoms with Gasteiger partial charge in [0, 0.05) is 31.2 Å². The normalized spacial score (nSPS) is 12.1. The van der Waals surface area contributed by atoms with E-state index in [1.807, 2.05) is 0 Å². The van der Waals surface area contributed by atoms with Crippen LogP contribution in [0.1, 0.15) is 32.6 Å². The maximum absolute atomic E-state index is 14.4. The fraction of sp³-hybridized carbons (Fsp3) is 0.556. The van der Waals surface area contributed by atoms with Gasteiger partial charge in [-0.15, -0.1) is 0 Å². The van der Waals surface area contributed by atoms with Crippen molar-refractivity contribution in [2.45, 2.75) is 37.5 Å². The predicted octanol–water partition coefficient (Wildman–Crippen LogP) is 3.64. The number of nitrogens with one attached hydrogen (secondary N) is 4. The smallest absolute Gasteiger partial charge is 0.214 e. The van der Waals surface area contributed by atoms with E-state index in [0.29, 0.717) is 22.4 Å². The summed E-state index contributed by atoms with van der Waals surface area (Å²) in [6.45, 7) is 6.82. The highest BCUT2D eigenvalue weighted by Gasteiger charge is 2.15. The zero-order chi connectivity index (χ0) is 20.9. The molecule has 1 heterocycles. The molecule has 0 aliphatic carbocycles. The lowest BCUT2D eigenvalue weighted by Crippen LogP contribution is -2.28. The highest BCUT2D eigenvalue weighted by Crippen LogP contribution is 2.28. The minimum atomic E-state index is -1.80. The molecule has 7 nitrogen and oxygen atoms in total. The number of rotatable bonds is 15. The predicted molar refractivity (Wildman–Crippen MR) is 120 cm³/mol. The number of unbranched alkanes of at least 4 members (excludes halogenated alkanes) is 2. The third-order valence-corrected chi connectivity index (χ3v) is 6.16. The lowest BCUT2D eigenvalue weighted by Gasteiger charge is -2.11. The van der Waals surface area contributed by atoms with Crippen LogP contribution in [-0.4, -0.2) is 46.3 Å². The molecule has 2 rings (SSSR count). The Kier molecular flexibility index (Phi) is 11.4. The summed E-state index contributed by atoms with van der Waals surface area (Å²) in [7, 11) is -1.80. The van der Waals surface area contributed by atoms with E-state index >= 15 is 0 Å². The van der Waals surface area contributed by atoms with Crippen molar-refractivity contribution in [1.82, 2.24) is 20.0 Å². The molecule has 1 aromatic carbocycles. The minimum absolute atomic E-state index is 0.0208. The van der Waals surface area contributed by atoms with Gasteiger partial charge in [-0.3, -0.25) is 4.72 Å². The first-order chi connectivity index (χ1) is 14.1. The molecule has 0 saturated heterocycles. The summed E-state index contributed by atoms with van der Waals surface area (Å²) in [6.07, 6.45) is 5.70. The molecule has 0 bridgehead atoms. The molecule has 0 spiro atoms. The molecule has 2 aromatic rings. The first kappa shape index (κ1) is 23.9. The van der Waals surface area contributed by atoms with Crippen molar-refractivity contribution in [3.63, 3.8) is 0 Å². The molecule has 29 heavy (non-hydrogen) atoms. The van der Waals surface area contributed by atoms with E-state index in [2.05, 4.69) is 37.0 Å². The molecule has 0 fully saturated rings. The Morgan fingerprint density at radius 3 is 2.52 bits per heavy atom. The Labute approximate surface area is 183 Å². The van der Waals surface area contributed by atoms with E-state index in [4.69, 9.17) is 11.6 Å². The summed E-state index contributed by atoms with van der Waals surface area (Å²) in [5.74, 6) is -0.593. The Morgan fingerprint density at radius 1 is 1.10 bits per heavy atom. The summed E-state index contributed by atoms with van der Waals surface area (Å²) >= 11 is 7.27. The minimum Gasteiger partial charge on any atom is -0.384 e. The summed E-state index contributed by atoms with van der Waals surface area (Å²) < 4.78 is 33.0. The first-order valence-corrected chi connectivity index (χ1v) is 12.0. The molecular weight excluding hydrogens is 435 g/mol. The van der Waals surface area contributed by atoms with Crippen LogP contribution in [0.5, 0.6) is 0 Å². The van der Waals surface area contributed by atoms with Crippen LogP contribution in [0.3, 0.4) is 0 Å². The first-order valence-electron chi connectivity index (χ1n) is 9.71. The summed E-state index contributed by atoms with van der Waals surface area (Å²) in [4.78, 5) is 3.85. The van der Waals surface area contributed by atoms with Gasteiger partial charge in [0.05, 0.1) is 15.6 Å². The molecule has 0 amide bonds. The number of hydrogen-bond acceptors (Lipinski definition) is 7. The highest BCUT2D eigenvalue weighted by atomic mass is 35.5. The van der Waals surface area contributed by atoms with Crippen molar-refractivity contribution in [1.29, 1.82) is 0 Å². The van der Waals surface area contributed by atoms with Gasteiger partial charge >= 0.3 is 0 Å². The largest absolute Gasteiger partial charge is 0.384 e. The van der Waals surface area contributed by atoms with Crippen LogP contribution in [0.4, 0.5) is 15.2 Å². The standard InChI is InChI=1S/C18H28ClFN6OS2/c1-2-3-6-21-9-10-22-7-4-5-8-23-16-12-15(20)17(11-14(16)19)29(27)26-18-24-13-25-28-18/h11-13,21-23H,2-10H2,1H3,(H,24,25,26). The van der Waals surface area contributed by atoms with E-state index in [0.717, 1.165) is 50.6 Å². The third kappa shape index (κ3) is 8.91. The van der Waals surface area contributed by atoms with Crippen molar-refractivity contribution in [3.8, 4) is 0 Å². The number of anilines is 2. The topological polar surface area (TPSA) is 91.0 Å². The average molecular weight is 463 g/mol. The van der Waals surface area contributed by atoms with E-state index in [1.54, 1.807) is 0 Å². The number of hydrogen-bond donors (Lipinski definition) is 4. The van der Waals surface area contributed by atoms with Crippen molar-refractivity contribution in [2.75, 3.05) is 42.8 Å². The van der Waals surface area contributed by atoms with Crippen LogP contribution < -0.4 is 20.7 Å². The second-order valence-electron chi connectivity index (χ2n) is 6.37. The van der Waals surface area contributed by atoms with Crippen LogP contribution in [-0.2, 0) is 11.0 Å². The van der Waals surface area contributed by atoms with Gasteiger partial charge in [0.15, 0.2) is 11.0 Å². The number of aromatic nitrogens is 2. The summed E-state index contributed by atoms with van der Waals surface area (Å²) in [5.41, 5.74) is 0.494. The fourth-order valence-electron chi connectivity index (χ4n) is 2.49. The molecule has 162 valence electrons. The Morgan fingerprint density at radius 2 is 1.83 bits per heavy atom. The SMILES string of the molecule is CCCCNCCNCCCCNc1cc(F)c(S(=O)Nc2ncns2)cc1Cl. The van der Waals surface area contributed by atoms with E-state index in [9.17, 15) is 8.60 Å². The van der Waals surface area contributed by atoms with Gasteiger partial charge in [-0.25, -0.2) is 13.6 Å². The molecular formula is C18H28ClFN6OS2. The fourth-order valence-corrected chi connectivity index (χ4v) is 4.23. The highest BCUT2D eigenvalue weighted by molar-refractivity contribution is 7.86. The molecule has 0 radical (unpaired) electrons. The van der Waals surface area contributed by atoms with Gasteiger partial charge in [-0.05, 0) is 44.5 Å². The Bertz CT molecular complexity index is 750. The molecule has 0 aliphatic rings. The maximum Gasteiger partial charge on any atom is 0.214 e. The number of nitrogens with zero attached hydrogens (tertiary/aromatic N) is 2. The summed E-state index contributed by atoms with van der Waals surface area (Å²) in [6, 6.07) is 2.65. The third-order valence-electron chi connectivity index (χ3n) is 4.04. The van der Waals surface area contributed by atoms with Crippen molar-refractivity contribution in [2.24, 2.45) is 0 Å². The summed E-state index contributed by atoms with van der Waals surface area (Å²) in [5, 5.41) is 10.6. The Balaban J connectivity index is 1.67. The number of halogens is 2. The molecule has 4 N–H and O–H groups in total. The Hall–Kier alpha value is -1.33. The monoisotopic (exact) mass is 462 g/mol. The van der Waals surface area contributed by atoms with Crippen molar-refractivity contribution in [3.05, 3.63) is 29.3 Å². The zero-order valence-corrected chi connectivity index (χ0v) is 18.9. The molecule has 0 saturated carbocycles. The van der Waals surface area contributed by atoms with Gasteiger partial charge in [-0.2, -0.15) is 4.37 Å². The van der Waals surface area contributed by atoms with Crippen LogP contribution in [0, 0.1) is 5.82 Å². The van der Waals surface area contributed by atoms with Gasteiger partial charge in [-0.1, -0.05) is 24.9 Å². The van der Waals surface area contributed by atoms with E-state index < -0.39 is 16.8 Å². The average Bonchev–Trinajstić information content (AvgIpc) is 3.21. The molecule has 11 heteroatoms. The van der Waals surface area contributed by atoms with Crippen LogP contribution in [0.15, 0.2) is 23.4 Å². The van der Waals surface area contributed by atoms with E-state index in [-0.39, 0.29) is 4.90 Å². The molecule has 1 atom stereocenters. The van der Waals surface area contributed by atoms with E-state index in [1.165, 1.54) is 31.3 Å². The van der Waals surface area contributed by atoms with Crippen LogP contribution in [0.25, 0.3) is 0 Å². The van der Waals surface area contributed by atoms with Crippen molar-refractivity contribution >= 4 is 44.9 Å². The van der Waals surface area contributed by atoms with Crippen molar-refractivity contribution < 1.29 is 8.60 Å². The molecule has 0 aliphatic heterocycles. The lowest BCUT2D eigenvalue weighted by atomic mass is 10.2. The van der Waals surface area contributed by atoms with Gasteiger partial charge in [0.2, 0.25) is 5.13 Å². The quantitative estimate of drug-likeness (QED) is 0.302. The molecule has 1 unspecified atom stereocenters. The second kappa shape index (κ2) is 13.8. The van der Waals surface area contributed by atoms with Crippen LogP contribution >= 0.6 is 23.1 Å². The van der Waals surface area contributed by atoms with Gasteiger partial charge in [0.1, 0.15) is 12.1 Å². The maximum atomic E-state index is 14.4. The van der Waals surface area contributed by atoms with Crippen LogP contribution in [0.2, 0.25) is 5.02 Å². The lowest BCUT2D eigenvalue weighted by molar-refractivity contribution is 0.577. The van der Waals surface area contributed by atoms with Gasteiger partial charge < -0.3 is 16.0 Å². The van der Waals surface area contributed by atoms with Gasteiger partial charge in [0.25, 0.3) is 0 Å².